The number of rotatable bonds is 6. The van der Waals surface area contributed by atoms with Crippen LogP contribution in [0.15, 0.2) is 18.2 Å². The quantitative estimate of drug-likeness (QED) is 0.708. The molecule has 1 aromatic carbocycles. The van der Waals surface area contributed by atoms with Gasteiger partial charge in [-0.3, -0.25) is 0 Å². The van der Waals surface area contributed by atoms with E-state index in [1.54, 1.807) is 5.56 Å². The molecule has 0 spiro atoms. The van der Waals surface area contributed by atoms with E-state index in [1.807, 2.05) is 0 Å². The highest BCUT2D eigenvalue weighted by molar-refractivity contribution is 5.31. The molecule has 0 heterocycles. The van der Waals surface area contributed by atoms with Gasteiger partial charge in [-0.2, -0.15) is 0 Å². The highest BCUT2D eigenvalue weighted by Crippen LogP contribution is 2.41. The van der Waals surface area contributed by atoms with E-state index in [9.17, 15) is 0 Å². The third kappa shape index (κ3) is 4.57. The van der Waals surface area contributed by atoms with E-state index in [2.05, 4.69) is 51.2 Å². The minimum atomic E-state index is 0.756. The lowest BCUT2D eigenvalue weighted by Gasteiger charge is -2.37. The van der Waals surface area contributed by atoms with Crippen molar-refractivity contribution in [3.63, 3.8) is 0 Å². The second-order valence-corrected chi connectivity index (χ2v) is 7.08. The third-order valence-corrected chi connectivity index (χ3v) is 5.18. The molecular formula is C20H33N. The zero-order valence-electron chi connectivity index (χ0n) is 14.4. The highest BCUT2D eigenvalue weighted by Gasteiger charge is 2.30. The lowest BCUT2D eigenvalue weighted by atomic mass is 9.70. The van der Waals surface area contributed by atoms with E-state index >= 15 is 0 Å². The number of aryl methyl sites for hydroxylation is 2. The van der Waals surface area contributed by atoms with E-state index in [-0.39, 0.29) is 0 Å². The summed E-state index contributed by atoms with van der Waals surface area (Å²) in [7, 11) is 0. The summed E-state index contributed by atoms with van der Waals surface area (Å²) in [6.45, 7) is 11.4. The van der Waals surface area contributed by atoms with Crippen LogP contribution in [0.4, 0.5) is 0 Å². The van der Waals surface area contributed by atoms with Crippen LogP contribution in [0.3, 0.4) is 0 Å². The Kier molecular flexibility index (Phi) is 6.29. The first kappa shape index (κ1) is 16.5. The Morgan fingerprint density at radius 1 is 1.05 bits per heavy atom. The van der Waals surface area contributed by atoms with Crippen molar-refractivity contribution in [1.29, 1.82) is 0 Å². The molecule has 21 heavy (non-hydrogen) atoms. The zero-order chi connectivity index (χ0) is 15.2. The molecule has 1 saturated carbocycles. The fourth-order valence-electron chi connectivity index (χ4n) is 4.03. The molecule has 1 fully saturated rings. The molecule has 0 amide bonds. The highest BCUT2D eigenvalue weighted by atomic mass is 14.9. The summed E-state index contributed by atoms with van der Waals surface area (Å²) in [5, 5.41) is 3.67. The van der Waals surface area contributed by atoms with Crippen molar-refractivity contribution >= 4 is 0 Å². The largest absolute Gasteiger partial charge is 0.316 e. The topological polar surface area (TPSA) is 12.0 Å². The summed E-state index contributed by atoms with van der Waals surface area (Å²) >= 11 is 0. The Hall–Kier alpha value is -0.820. The molecule has 0 saturated heterocycles. The van der Waals surface area contributed by atoms with Gasteiger partial charge in [0.1, 0.15) is 0 Å². The SMILES string of the molecule is CCCNCC1CCC(CC)CC1c1cc(C)cc(C)c1. The van der Waals surface area contributed by atoms with Gasteiger partial charge in [-0.05, 0) is 69.5 Å². The Morgan fingerprint density at radius 3 is 2.38 bits per heavy atom. The number of hydrogen-bond acceptors (Lipinski definition) is 1. The Labute approximate surface area is 131 Å². The van der Waals surface area contributed by atoms with Gasteiger partial charge in [-0.25, -0.2) is 0 Å². The van der Waals surface area contributed by atoms with E-state index in [4.69, 9.17) is 0 Å². The molecule has 0 bridgehead atoms. The van der Waals surface area contributed by atoms with Gasteiger partial charge in [-0.1, -0.05) is 56.0 Å². The molecule has 1 aliphatic rings. The molecule has 1 N–H and O–H groups in total. The molecule has 0 radical (unpaired) electrons. The average Bonchev–Trinajstić information content (AvgIpc) is 2.46. The fourth-order valence-corrected chi connectivity index (χ4v) is 4.03. The maximum atomic E-state index is 3.67. The first-order valence-electron chi connectivity index (χ1n) is 8.92. The van der Waals surface area contributed by atoms with Gasteiger partial charge in [0.25, 0.3) is 0 Å². The number of hydrogen-bond donors (Lipinski definition) is 1. The van der Waals surface area contributed by atoms with Crippen molar-refractivity contribution in [2.75, 3.05) is 13.1 Å². The molecule has 0 aliphatic heterocycles. The molecular weight excluding hydrogens is 254 g/mol. The lowest BCUT2D eigenvalue weighted by Crippen LogP contribution is -2.32. The van der Waals surface area contributed by atoms with Gasteiger partial charge in [-0.15, -0.1) is 0 Å². The van der Waals surface area contributed by atoms with Gasteiger partial charge >= 0.3 is 0 Å². The molecule has 0 aromatic heterocycles. The summed E-state index contributed by atoms with van der Waals surface area (Å²) in [4.78, 5) is 0. The average molecular weight is 287 g/mol. The predicted molar refractivity (Wildman–Crippen MR) is 92.9 cm³/mol. The summed E-state index contributed by atoms with van der Waals surface area (Å²) in [6, 6.07) is 7.17. The Morgan fingerprint density at radius 2 is 1.76 bits per heavy atom. The van der Waals surface area contributed by atoms with Gasteiger partial charge < -0.3 is 5.32 Å². The van der Waals surface area contributed by atoms with Crippen LogP contribution in [0, 0.1) is 25.7 Å². The molecule has 118 valence electrons. The van der Waals surface area contributed by atoms with Gasteiger partial charge in [0.15, 0.2) is 0 Å². The van der Waals surface area contributed by atoms with E-state index < -0.39 is 0 Å². The molecule has 1 nitrogen and oxygen atoms in total. The third-order valence-electron chi connectivity index (χ3n) is 5.18. The first-order valence-corrected chi connectivity index (χ1v) is 8.92. The smallest absolute Gasteiger partial charge is 0.00147 e. The minimum absolute atomic E-state index is 0.756. The molecule has 1 aromatic rings. The molecule has 1 heteroatoms. The van der Waals surface area contributed by atoms with Gasteiger partial charge in [0.2, 0.25) is 0 Å². The molecule has 3 atom stereocenters. The Balaban J connectivity index is 2.15. The summed E-state index contributed by atoms with van der Waals surface area (Å²) < 4.78 is 0. The molecule has 3 unspecified atom stereocenters. The van der Waals surface area contributed by atoms with E-state index in [1.165, 1.54) is 49.8 Å². The van der Waals surface area contributed by atoms with E-state index in [0.717, 1.165) is 24.3 Å². The summed E-state index contributed by atoms with van der Waals surface area (Å²) in [5.41, 5.74) is 4.43. The maximum absolute atomic E-state index is 3.67. The van der Waals surface area contributed by atoms with Gasteiger partial charge in [0.05, 0.1) is 0 Å². The van der Waals surface area contributed by atoms with Crippen LogP contribution in [0.2, 0.25) is 0 Å². The monoisotopic (exact) mass is 287 g/mol. The predicted octanol–water partition coefficient (Wildman–Crippen LogP) is 5.21. The second-order valence-electron chi connectivity index (χ2n) is 7.08. The van der Waals surface area contributed by atoms with Crippen LogP contribution in [0.5, 0.6) is 0 Å². The number of benzene rings is 1. The maximum Gasteiger partial charge on any atom is -0.00147 e. The van der Waals surface area contributed by atoms with Crippen molar-refractivity contribution < 1.29 is 0 Å². The van der Waals surface area contributed by atoms with Crippen molar-refractivity contribution in [3.8, 4) is 0 Å². The van der Waals surface area contributed by atoms with Crippen LogP contribution >= 0.6 is 0 Å². The van der Waals surface area contributed by atoms with Crippen LogP contribution < -0.4 is 5.32 Å². The Bertz CT molecular complexity index is 415. The van der Waals surface area contributed by atoms with E-state index in [0.29, 0.717) is 0 Å². The summed E-state index contributed by atoms with van der Waals surface area (Å²) in [5.74, 6) is 2.51. The molecule has 1 aliphatic carbocycles. The fraction of sp³-hybridized carbons (Fsp3) is 0.700. The van der Waals surface area contributed by atoms with Crippen LogP contribution in [0.1, 0.15) is 68.6 Å². The standard InChI is InChI=1S/C20H33N/c1-5-9-21-14-18-8-7-17(6-2)13-20(18)19-11-15(3)10-16(4)12-19/h10-12,17-18,20-21H,5-9,13-14H2,1-4H3. The van der Waals surface area contributed by atoms with Crippen molar-refractivity contribution in [1.82, 2.24) is 5.32 Å². The van der Waals surface area contributed by atoms with Crippen LogP contribution in [-0.2, 0) is 0 Å². The lowest BCUT2D eigenvalue weighted by molar-refractivity contribution is 0.226. The van der Waals surface area contributed by atoms with Crippen molar-refractivity contribution in [2.45, 2.75) is 65.7 Å². The van der Waals surface area contributed by atoms with Gasteiger partial charge in [0, 0.05) is 0 Å². The minimum Gasteiger partial charge on any atom is -0.316 e. The van der Waals surface area contributed by atoms with Crippen LogP contribution in [-0.4, -0.2) is 13.1 Å². The summed E-state index contributed by atoms with van der Waals surface area (Å²) in [6.07, 6.45) is 6.79. The van der Waals surface area contributed by atoms with Crippen molar-refractivity contribution in [3.05, 3.63) is 34.9 Å². The second kappa shape index (κ2) is 7.98. The zero-order valence-corrected chi connectivity index (χ0v) is 14.4. The van der Waals surface area contributed by atoms with Crippen LogP contribution in [0.25, 0.3) is 0 Å². The number of nitrogens with one attached hydrogen (secondary N) is 1. The normalized spacial score (nSPS) is 26.0. The molecule has 2 rings (SSSR count). The first-order chi connectivity index (χ1) is 10.1. The van der Waals surface area contributed by atoms with Crippen molar-refractivity contribution in [2.24, 2.45) is 11.8 Å².